The number of nitrogens with zero attached hydrogens (tertiary/aromatic N) is 2. The van der Waals surface area contributed by atoms with Gasteiger partial charge in [-0.05, 0) is 59.1 Å². The van der Waals surface area contributed by atoms with Gasteiger partial charge < -0.3 is 19.6 Å². The minimum atomic E-state index is -0.644. The fourth-order valence-corrected chi connectivity index (χ4v) is 3.04. The number of hydrogen-bond donors (Lipinski definition) is 0. The number of pyridine rings is 1. The molecule has 0 radical (unpaired) electrons. The Balaban J connectivity index is 1.80. The standard InChI is InChI=1S/C17H24N2O5/c1-17(2,3)12-6-8-13(9-7-12)24-15(20)11-23-14-5-4-10-18-16(14)19(21)22/h4-5,10,12-13H,6-9,11H2,1-3H3. The van der Waals surface area contributed by atoms with Gasteiger partial charge in [-0.15, -0.1) is 0 Å². The molecule has 0 spiro atoms. The van der Waals surface area contributed by atoms with Crippen LogP contribution in [0.25, 0.3) is 0 Å². The van der Waals surface area contributed by atoms with E-state index >= 15 is 0 Å². The van der Waals surface area contributed by atoms with Gasteiger partial charge in [0.15, 0.2) is 6.61 Å². The molecule has 1 aliphatic carbocycles. The van der Waals surface area contributed by atoms with E-state index in [1.165, 1.54) is 18.3 Å². The normalized spacial score (nSPS) is 21.1. The van der Waals surface area contributed by atoms with Crippen LogP contribution in [0.3, 0.4) is 0 Å². The number of esters is 1. The van der Waals surface area contributed by atoms with Crippen molar-refractivity contribution in [3.8, 4) is 5.75 Å². The molecule has 0 atom stereocenters. The van der Waals surface area contributed by atoms with Crippen LogP contribution in [0.2, 0.25) is 0 Å². The molecular formula is C17H24N2O5. The van der Waals surface area contributed by atoms with E-state index in [-0.39, 0.29) is 23.9 Å². The molecule has 0 amide bonds. The number of carbonyl (C=O) groups is 1. The molecule has 1 saturated carbocycles. The van der Waals surface area contributed by atoms with Gasteiger partial charge >= 0.3 is 11.8 Å². The lowest BCUT2D eigenvalue weighted by Gasteiger charge is -2.36. The van der Waals surface area contributed by atoms with Crippen molar-refractivity contribution in [2.75, 3.05) is 6.61 Å². The van der Waals surface area contributed by atoms with Crippen LogP contribution in [-0.2, 0) is 9.53 Å². The Morgan fingerprint density at radius 2 is 2.00 bits per heavy atom. The highest BCUT2D eigenvalue weighted by atomic mass is 16.6. The molecule has 1 aromatic heterocycles. The molecule has 0 N–H and O–H groups in total. The number of ether oxygens (including phenoxy) is 2. The average molecular weight is 336 g/mol. The molecule has 0 aromatic carbocycles. The number of rotatable bonds is 5. The molecule has 0 saturated heterocycles. The van der Waals surface area contributed by atoms with Gasteiger partial charge in [-0.3, -0.25) is 0 Å². The molecular weight excluding hydrogens is 312 g/mol. The van der Waals surface area contributed by atoms with Gasteiger partial charge in [-0.1, -0.05) is 20.8 Å². The molecule has 7 nitrogen and oxygen atoms in total. The minimum Gasteiger partial charge on any atom is -0.474 e. The first kappa shape index (κ1) is 18.2. The third kappa shape index (κ3) is 4.91. The van der Waals surface area contributed by atoms with Crippen LogP contribution in [-0.4, -0.2) is 28.6 Å². The highest BCUT2D eigenvalue weighted by Crippen LogP contribution is 2.38. The van der Waals surface area contributed by atoms with Gasteiger partial charge in [0.05, 0.1) is 0 Å². The van der Waals surface area contributed by atoms with Crippen molar-refractivity contribution < 1.29 is 19.2 Å². The van der Waals surface area contributed by atoms with E-state index in [0.29, 0.717) is 5.92 Å². The monoisotopic (exact) mass is 336 g/mol. The number of hydrogen-bond acceptors (Lipinski definition) is 6. The second-order valence-electron chi connectivity index (χ2n) is 7.20. The Kier molecular flexibility index (Phi) is 5.75. The van der Waals surface area contributed by atoms with Crippen molar-refractivity contribution in [1.29, 1.82) is 0 Å². The minimum absolute atomic E-state index is 0.0316. The fourth-order valence-electron chi connectivity index (χ4n) is 3.04. The van der Waals surface area contributed by atoms with Crippen molar-refractivity contribution >= 4 is 11.8 Å². The molecule has 1 aromatic rings. The van der Waals surface area contributed by atoms with Gasteiger partial charge in [0.25, 0.3) is 0 Å². The van der Waals surface area contributed by atoms with E-state index < -0.39 is 16.7 Å². The molecule has 1 aliphatic rings. The van der Waals surface area contributed by atoms with Gasteiger partial charge in [-0.25, -0.2) is 4.79 Å². The number of nitro groups is 1. The van der Waals surface area contributed by atoms with E-state index in [4.69, 9.17) is 9.47 Å². The molecule has 0 unspecified atom stereocenters. The number of carbonyl (C=O) groups excluding carboxylic acids is 1. The first-order chi connectivity index (χ1) is 11.3. The van der Waals surface area contributed by atoms with E-state index in [9.17, 15) is 14.9 Å². The summed E-state index contributed by atoms with van der Waals surface area (Å²) in [6, 6.07) is 2.92. The Morgan fingerprint density at radius 3 is 2.58 bits per heavy atom. The Labute approximate surface area is 141 Å². The lowest BCUT2D eigenvalue weighted by Crippen LogP contribution is -2.31. The van der Waals surface area contributed by atoms with Crippen LogP contribution in [0.4, 0.5) is 5.82 Å². The quantitative estimate of drug-likeness (QED) is 0.464. The van der Waals surface area contributed by atoms with Crippen LogP contribution >= 0.6 is 0 Å². The average Bonchev–Trinajstić information content (AvgIpc) is 2.53. The molecule has 1 fully saturated rings. The summed E-state index contributed by atoms with van der Waals surface area (Å²) in [6.07, 6.45) is 4.98. The summed E-state index contributed by atoms with van der Waals surface area (Å²) < 4.78 is 10.6. The van der Waals surface area contributed by atoms with Crippen LogP contribution in [0, 0.1) is 21.4 Å². The molecule has 0 bridgehead atoms. The maximum Gasteiger partial charge on any atom is 0.406 e. The topological polar surface area (TPSA) is 91.6 Å². The van der Waals surface area contributed by atoms with Gasteiger partial charge in [-0.2, -0.15) is 0 Å². The summed E-state index contributed by atoms with van der Waals surface area (Å²) in [5.74, 6) is -0.305. The van der Waals surface area contributed by atoms with Crippen LogP contribution in [0.5, 0.6) is 5.75 Å². The predicted molar refractivity (Wildman–Crippen MR) is 87.7 cm³/mol. The Hall–Kier alpha value is -2.18. The zero-order chi connectivity index (χ0) is 17.7. The first-order valence-electron chi connectivity index (χ1n) is 8.19. The molecule has 24 heavy (non-hydrogen) atoms. The lowest BCUT2D eigenvalue weighted by molar-refractivity contribution is -0.390. The molecule has 1 heterocycles. The predicted octanol–water partition coefficient (Wildman–Crippen LogP) is 3.52. The molecule has 7 heteroatoms. The Bertz CT molecular complexity index is 589. The lowest BCUT2D eigenvalue weighted by atomic mass is 9.72. The molecule has 0 aliphatic heterocycles. The summed E-state index contributed by atoms with van der Waals surface area (Å²) in [5, 5.41) is 10.8. The van der Waals surface area contributed by atoms with Crippen LogP contribution < -0.4 is 4.74 Å². The van der Waals surface area contributed by atoms with Gasteiger partial charge in [0.2, 0.25) is 5.75 Å². The second kappa shape index (κ2) is 7.59. The first-order valence-corrected chi connectivity index (χ1v) is 8.19. The molecule has 2 rings (SSSR count). The van der Waals surface area contributed by atoms with Gasteiger partial charge in [0, 0.05) is 0 Å². The number of aromatic nitrogens is 1. The van der Waals surface area contributed by atoms with E-state index in [0.717, 1.165) is 25.7 Å². The third-order valence-electron chi connectivity index (χ3n) is 4.47. The smallest absolute Gasteiger partial charge is 0.406 e. The maximum absolute atomic E-state index is 11.9. The summed E-state index contributed by atoms with van der Waals surface area (Å²) in [7, 11) is 0. The fraction of sp³-hybridized carbons (Fsp3) is 0.647. The zero-order valence-electron chi connectivity index (χ0n) is 14.4. The van der Waals surface area contributed by atoms with Crippen molar-refractivity contribution in [3.63, 3.8) is 0 Å². The maximum atomic E-state index is 11.9. The molecule has 132 valence electrons. The van der Waals surface area contributed by atoms with Crippen LogP contribution in [0.15, 0.2) is 18.3 Å². The van der Waals surface area contributed by atoms with Crippen molar-refractivity contribution in [2.24, 2.45) is 11.3 Å². The zero-order valence-corrected chi connectivity index (χ0v) is 14.4. The highest BCUT2D eigenvalue weighted by Gasteiger charge is 2.31. The van der Waals surface area contributed by atoms with Gasteiger partial charge in [0.1, 0.15) is 12.3 Å². The highest BCUT2D eigenvalue weighted by molar-refractivity contribution is 5.71. The third-order valence-corrected chi connectivity index (χ3v) is 4.47. The van der Waals surface area contributed by atoms with E-state index in [1.807, 2.05) is 0 Å². The van der Waals surface area contributed by atoms with Crippen molar-refractivity contribution in [1.82, 2.24) is 4.98 Å². The summed E-state index contributed by atoms with van der Waals surface area (Å²) >= 11 is 0. The van der Waals surface area contributed by atoms with Crippen molar-refractivity contribution in [2.45, 2.75) is 52.6 Å². The SMILES string of the molecule is CC(C)(C)C1CCC(OC(=O)COc2cccnc2[N+](=O)[O-])CC1. The Morgan fingerprint density at radius 1 is 1.33 bits per heavy atom. The second-order valence-corrected chi connectivity index (χ2v) is 7.20. The summed E-state index contributed by atoms with van der Waals surface area (Å²) in [4.78, 5) is 25.7. The summed E-state index contributed by atoms with van der Waals surface area (Å²) in [5.41, 5.74) is 0.275. The van der Waals surface area contributed by atoms with Crippen molar-refractivity contribution in [3.05, 3.63) is 28.4 Å². The van der Waals surface area contributed by atoms with Crippen LogP contribution in [0.1, 0.15) is 46.5 Å². The summed E-state index contributed by atoms with van der Waals surface area (Å²) in [6.45, 7) is 6.35. The van der Waals surface area contributed by atoms with E-state index in [2.05, 4.69) is 25.8 Å². The largest absolute Gasteiger partial charge is 0.474 e. The van der Waals surface area contributed by atoms with E-state index in [1.54, 1.807) is 0 Å².